The van der Waals surface area contributed by atoms with Crippen molar-refractivity contribution < 1.29 is 19.1 Å². The van der Waals surface area contributed by atoms with Crippen molar-refractivity contribution in [2.75, 3.05) is 26.9 Å². The number of ether oxygens (including phenoxy) is 3. The van der Waals surface area contributed by atoms with Crippen LogP contribution in [0.15, 0.2) is 12.1 Å². The van der Waals surface area contributed by atoms with Crippen LogP contribution >= 0.6 is 15.9 Å². The lowest BCUT2D eigenvalue weighted by molar-refractivity contribution is -0.385. The molecule has 0 aromatic heterocycles. The summed E-state index contributed by atoms with van der Waals surface area (Å²) < 4.78 is 16.1. The summed E-state index contributed by atoms with van der Waals surface area (Å²) in [6.45, 7) is 5.52. The van der Waals surface area contributed by atoms with Crippen LogP contribution in [0.3, 0.4) is 0 Å². The number of benzene rings is 1. The van der Waals surface area contributed by atoms with E-state index in [-0.39, 0.29) is 5.69 Å². The van der Waals surface area contributed by atoms with Crippen LogP contribution in [0.5, 0.6) is 11.5 Å². The van der Waals surface area contributed by atoms with Gasteiger partial charge < -0.3 is 14.2 Å². The summed E-state index contributed by atoms with van der Waals surface area (Å²) in [5.41, 5.74) is 0.547. The molecule has 0 amide bonds. The average molecular weight is 362 g/mol. The van der Waals surface area contributed by atoms with Gasteiger partial charge in [0.05, 0.1) is 24.7 Å². The Labute approximate surface area is 132 Å². The SMILES string of the molecule is COc1cc(CBr)c([N+](=O)[O-])cc1OCCOCC(C)C. The van der Waals surface area contributed by atoms with Gasteiger partial charge in [-0.25, -0.2) is 0 Å². The highest BCUT2D eigenvalue weighted by Gasteiger charge is 2.18. The molecule has 0 aliphatic rings. The van der Waals surface area contributed by atoms with Crippen molar-refractivity contribution in [2.45, 2.75) is 19.2 Å². The molecule has 0 fully saturated rings. The largest absolute Gasteiger partial charge is 0.493 e. The smallest absolute Gasteiger partial charge is 0.277 e. The number of rotatable bonds is 9. The topological polar surface area (TPSA) is 70.8 Å². The van der Waals surface area contributed by atoms with Gasteiger partial charge in [-0.3, -0.25) is 10.1 Å². The Balaban J connectivity index is 2.76. The zero-order chi connectivity index (χ0) is 15.8. The van der Waals surface area contributed by atoms with E-state index in [1.165, 1.54) is 13.2 Å². The predicted molar refractivity (Wildman–Crippen MR) is 83.4 cm³/mol. The van der Waals surface area contributed by atoms with E-state index in [1.54, 1.807) is 6.07 Å². The second-order valence-corrected chi connectivity index (χ2v) is 5.40. The molecule has 7 heteroatoms. The van der Waals surface area contributed by atoms with Gasteiger partial charge in [0.15, 0.2) is 11.5 Å². The first-order valence-electron chi connectivity index (χ1n) is 6.61. The molecule has 1 rings (SSSR count). The fourth-order valence-corrected chi connectivity index (χ4v) is 2.12. The molecule has 0 heterocycles. The van der Waals surface area contributed by atoms with Crippen LogP contribution < -0.4 is 9.47 Å². The van der Waals surface area contributed by atoms with Crippen LogP contribution in [0.25, 0.3) is 0 Å². The Kier molecular flexibility index (Phi) is 7.45. The molecule has 1 aromatic carbocycles. The van der Waals surface area contributed by atoms with Crippen LogP contribution in [0.2, 0.25) is 0 Å². The minimum atomic E-state index is -0.432. The first-order valence-corrected chi connectivity index (χ1v) is 7.73. The summed E-state index contributed by atoms with van der Waals surface area (Å²) in [7, 11) is 1.50. The van der Waals surface area contributed by atoms with E-state index in [0.29, 0.717) is 48.1 Å². The Hall–Kier alpha value is -1.34. The summed E-state index contributed by atoms with van der Waals surface area (Å²) in [4.78, 5) is 10.6. The van der Waals surface area contributed by atoms with Gasteiger partial charge in [0.1, 0.15) is 6.61 Å². The van der Waals surface area contributed by atoms with Crippen LogP contribution in [-0.4, -0.2) is 31.9 Å². The van der Waals surface area contributed by atoms with E-state index >= 15 is 0 Å². The summed E-state index contributed by atoms with van der Waals surface area (Å²) in [5.74, 6) is 1.28. The number of nitro benzene ring substituents is 1. The second-order valence-electron chi connectivity index (χ2n) is 4.84. The summed E-state index contributed by atoms with van der Waals surface area (Å²) in [6.07, 6.45) is 0. The van der Waals surface area contributed by atoms with E-state index in [1.807, 2.05) is 0 Å². The molecule has 0 radical (unpaired) electrons. The maximum atomic E-state index is 11.0. The molecule has 0 aliphatic heterocycles. The van der Waals surface area contributed by atoms with Gasteiger partial charge in [-0.1, -0.05) is 29.8 Å². The second kappa shape index (κ2) is 8.84. The van der Waals surface area contributed by atoms with Gasteiger partial charge in [0.2, 0.25) is 0 Å². The van der Waals surface area contributed by atoms with Crippen molar-refractivity contribution in [2.24, 2.45) is 5.92 Å². The number of hydrogen-bond acceptors (Lipinski definition) is 5. The molecule has 0 saturated carbocycles. The maximum absolute atomic E-state index is 11.0. The predicted octanol–water partition coefficient (Wildman–Crippen LogP) is 3.55. The molecule has 0 atom stereocenters. The number of nitrogens with zero attached hydrogens (tertiary/aromatic N) is 1. The van der Waals surface area contributed by atoms with E-state index in [0.717, 1.165) is 0 Å². The highest BCUT2D eigenvalue weighted by Crippen LogP contribution is 2.35. The molecule has 0 N–H and O–H groups in total. The van der Waals surface area contributed by atoms with Gasteiger partial charge in [0.25, 0.3) is 5.69 Å². The van der Waals surface area contributed by atoms with E-state index in [4.69, 9.17) is 14.2 Å². The third kappa shape index (κ3) is 5.51. The van der Waals surface area contributed by atoms with Crippen molar-refractivity contribution in [3.63, 3.8) is 0 Å². The lowest BCUT2D eigenvalue weighted by Gasteiger charge is -2.13. The van der Waals surface area contributed by atoms with E-state index in [9.17, 15) is 10.1 Å². The maximum Gasteiger partial charge on any atom is 0.277 e. The first kappa shape index (κ1) is 17.7. The molecule has 21 heavy (non-hydrogen) atoms. The Morgan fingerprint density at radius 3 is 2.52 bits per heavy atom. The number of hydrogen-bond donors (Lipinski definition) is 0. The molecule has 0 bridgehead atoms. The van der Waals surface area contributed by atoms with Crippen LogP contribution in [-0.2, 0) is 10.1 Å². The molecule has 6 nitrogen and oxygen atoms in total. The minimum Gasteiger partial charge on any atom is -0.493 e. The number of methoxy groups -OCH3 is 1. The van der Waals surface area contributed by atoms with Gasteiger partial charge >= 0.3 is 0 Å². The fraction of sp³-hybridized carbons (Fsp3) is 0.571. The third-order valence-corrected chi connectivity index (χ3v) is 3.25. The zero-order valence-electron chi connectivity index (χ0n) is 12.4. The highest BCUT2D eigenvalue weighted by molar-refractivity contribution is 9.08. The fourth-order valence-electron chi connectivity index (χ4n) is 1.67. The van der Waals surface area contributed by atoms with E-state index < -0.39 is 4.92 Å². The Bertz CT molecular complexity index is 479. The van der Waals surface area contributed by atoms with Crippen LogP contribution in [0, 0.1) is 16.0 Å². The van der Waals surface area contributed by atoms with Gasteiger partial charge in [0, 0.05) is 17.5 Å². The highest BCUT2D eigenvalue weighted by atomic mass is 79.9. The number of halogens is 1. The lowest BCUT2D eigenvalue weighted by atomic mass is 10.2. The summed E-state index contributed by atoms with van der Waals surface area (Å²) >= 11 is 3.23. The molecule has 118 valence electrons. The van der Waals surface area contributed by atoms with Gasteiger partial charge in [-0.05, 0) is 12.0 Å². The van der Waals surface area contributed by atoms with Crippen LogP contribution in [0.4, 0.5) is 5.69 Å². The molecule has 1 aromatic rings. The molecule has 0 saturated heterocycles. The van der Waals surface area contributed by atoms with E-state index in [2.05, 4.69) is 29.8 Å². The molecule has 0 unspecified atom stereocenters. The first-order chi connectivity index (χ1) is 9.99. The third-order valence-electron chi connectivity index (χ3n) is 2.64. The molecule has 0 aliphatic carbocycles. The zero-order valence-corrected chi connectivity index (χ0v) is 14.0. The summed E-state index contributed by atoms with van der Waals surface area (Å²) in [5, 5.41) is 11.4. The minimum absolute atomic E-state index is 0.00535. The quantitative estimate of drug-likeness (QED) is 0.291. The van der Waals surface area contributed by atoms with Crippen molar-refractivity contribution in [1.29, 1.82) is 0 Å². The van der Waals surface area contributed by atoms with Crippen molar-refractivity contribution in [3.8, 4) is 11.5 Å². The normalized spacial score (nSPS) is 10.7. The van der Waals surface area contributed by atoms with Crippen molar-refractivity contribution in [3.05, 3.63) is 27.8 Å². The Morgan fingerprint density at radius 2 is 2.00 bits per heavy atom. The van der Waals surface area contributed by atoms with Crippen LogP contribution in [0.1, 0.15) is 19.4 Å². The number of alkyl halides is 1. The van der Waals surface area contributed by atoms with Gasteiger partial charge in [-0.15, -0.1) is 0 Å². The monoisotopic (exact) mass is 361 g/mol. The van der Waals surface area contributed by atoms with Crippen molar-refractivity contribution in [1.82, 2.24) is 0 Å². The lowest BCUT2D eigenvalue weighted by Crippen LogP contribution is -2.11. The molecular formula is C14H20BrNO5. The average Bonchev–Trinajstić information content (AvgIpc) is 2.45. The van der Waals surface area contributed by atoms with Crippen molar-refractivity contribution >= 4 is 21.6 Å². The Morgan fingerprint density at radius 1 is 1.29 bits per heavy atom. The molecule has 0 spiro atoms. The summed E-state index contributed by atoms with van der Waals surface area (Å²) in [6, 6.07) is 3.00. The number of nitro groups is 1. The molecular weight excluding hydrogens is 342 g/mol. The van der Waals surface area contributed by atoms with Gasteiger partial charge in [-0.2, -0.15) is 0 Å². The standard InChI is InChI=1S/C14H20BrNO5/c1-10(2)9-20-4-5-21-14-7-12(16(17)18)11(8-15)6-13(14)19-3/h6-7,10H,4-5,8-9H2,1-3H3.